The Labute approximate surface area is 229 Å². The van der Waals surface area contributed by atoms with Crippen molar-refractivity contribution in [1.82, 2.24) is 15.0 Å². The molecule has 39 heavy (non-hydrogen) atoms. The summed E-state index contributed by atoms with van der Waals surface area (Å²) >= 11 is 5.99. The van der Waals surface area contributed by atoms with Gasteiger partial charge in [0.1, 0.15) is 5.82 Å². The summed E-state index contributed by atoms with van der Waals surface area (Å²) < 4.78 is 18.8. The number of carbonyl (C=O) groups excluding carboxylic acids is 1. The minimum Gasteiger partial charge on any atom is -0.378 e. The Morgan fingerprint density at radius 1 is 0.872 bits per heavy atom. The number of nitrogens with zero attached hydrogens (tertiary/aromatic N) is 4. The van der Waals surface area contributed by atoms with Crippen LogP contribution in [0.25, 0.3) is 12.2 Å². The van der Waals surface area contributed by atoms with Crippen LogP contribution in [0.1, 0.15) is 11.4 Å². The van der Waals surface area contributed by atoms with Gasteiger partial charge in [-0.15, -0.1) is 0 Å². The van der Waals surface area contributed by atoms with E-state index in [2.05, 4.69) is 35.8 Å². The second kappa shape index (κ2) is 12.3. The molecule has 2 amide bonds. The molecule has 0 aliphatic carbocycles. The number of rotatable bonds is 7. The number of hydrogen-bond acceptors (Lipinski definition) is 7. The molecule has 0 atom stereocenters. The highest BCUT2D eigenvalue weighted by Crippen LogP contribution is 2.21. The Bertz CT molecular complexity index is 1460. The fraction of sp³-hybridized carbons (Fsp3) is 0.143. The normalized spacial score (nSPS) is 13.3. The van der Waals surface area contributed by atoms with Crippen LogP contribution >= 0.6 is 11.6 Å². The number of ether oxygens (including phenoxy) is 1. The molecule has 1 fully saturated rings. The number of morpholine rings is 1. The maximum absolute atomic E-state index is 13.3. The van der Waals surface area contributed by atoms with Gasteiger partial charge in [0.05, 0.1) is 13.2 Å². The molecule has 0 unspecified atom stereocenters. The van der Waals surface area contributed by atoms with Crippen molar-refractivity contribution in [2.75, 3.05) is 47.2 Å². The van der Waals surface area contributed by atoms with Gasteiger partial charge in [0.25, 0.3) is 0 Å². The molecule has 1 aliphatic heterocycles. The highest BCUT2D eigenvalue weighted by Gasteiger charge is 2.16. The fourth-order valence-electron chi connectivity index (χ4n) is 3.79. The number of nitrogens with one attached hydrogen (secondary N) is 3. The summed E-state index contributed by atoms with van der Waals surface area (Å²) in [5, 5.41) is 9.20. The lowest BCUT2D eigenvalue weighted by Crippen LogP contribution is -2.37. The quantitative estimate of drug-likeness (QED) is 0.259. The van der Waals surface area contributed by atoms with Crippen LogP contribution in [0.2, 0.25) is 5.02 Å². The van der Waals surface area contributed by atoms with E-state index in [-0.39, 0.29) is 0 Å². The Kier molecular flexibility index (Phi) is 8.25. The second-order valence-corrected chi connectivity index (χ2v) is 9.03. The van der Waals surface area contributed by atoms with Gasteiger partial charge in [-0.05, 0) is 66.2 Å². The van der Waals surface area contributed by atoms with Gasteiger partial charge in [0, 0.05) is 35.2 Å². The van der Waals surface area contributed by atoms with Crippen molar-refractivity contribution in [2.24, 2.45) is 0 Å². The summed E-state index contributed by atoms with van der Waals surface area (Å²) in [6.07, 6.45) is 3.73. The molecule has 1 aromatic heterocycles. The maximum Gasteiger partial charge on any atom is 0.323 e. The van der Waals surface area contributed by atoms with Gasteiger partial charge < -0.3 is 25.6 Å². The van der Waals surface area contributed by atoms with Crippen LogP contribution in [0.15, 0.2) is 72.8 Å². The van der Waals surface area contributed by atoms with E-state index >= 15 is 0 Å². The minimum absolute atomic E-state index is 0.359. The van der Waals surface area contributed by atoms with Crippen molar-refractivity contribution in [3.8, 4) is 0 Å². The van der Waals surface area contributed by atoms with Gasteiger partial charge in [-0.1, -0.05) is 35.9 Å². The van der Waals surface area contributed by atoms with Gasteiger partial charge in [0.15, 0.2) is 5.82 Å². The summed E-state index contributed by atoms with van der Waals surface area (Å²) in [5.41, 5.74) is 2.60. The summed E-state index contributed by atoms with van der Waals surface area (Å²) in [7, 11) is 0. The highest BCUT2D eigenvalue weighted by atomic mass is 35.5. The molecule has 2 heterocycles. The van der Waals surface area contributed by atoms with Gasteiger partial charge in [-0.3, -0.25) is 0 Å². The van der Waals surface area contributed by atoms with Crippen molar-refractivity contribution in [1.29, 1.82) is 0 Å². The van der Waals surface area contributed by atoms with E-state index in [0.29, 0.717) is 60.4 Å². The molecule has 5 rings (SSSR count). The van der Waals surface area contributed by atoms with Crippen molar-refractivity contribution >= 4 is 58.7 Å². The predicted octanol–water partition coefficient (Wildman–Crippen LogP) is 6.06. The zero-order valence-electron chi connectivity index (χ0n) is 20.8. The lowest BCUT2D eigenvalue weighted by Gasteiger charge is -2.27. The third-order valence-corrected chi connectivity index (χ3v) is 5.96. The molecule has 198 valence electrons. The van der Waals surface area contributed by atoms with Crippen molar-refractivity contribution in [2.45, 2.75) is 0 Å². The third kappa shape index (κ3) is 7.50. The molecule has 1 saturated heterocycles. The number of benzene rings is 3. The number of urea groups is 1. The second-order valence-electron chi connectivity index (χ2n) is 8.59. The molecular weight excluding hydrogens is 521 g/mol. The molecule has 11 heteroatoms. The van der Waals surface area contributed by atoms with E-state index in [0.717, 1.165) is 11.3 Å². The monoisotopic (exact) mass is 545 g/mol. The SMILES string of the molecule is O=C(Nc1ccc(Nc2nc(/C=C/c3ccc(Cl)cc3)nc(N3CCOCC3)n2)cc1)Nc1cccc(F)c1. The van der Waals surface area contributed by atoms with Crippen molar-refractivity contribution in [3.05, 3.63) is 95.0 Å². The van der Waals surface area contributed by atoms with Crippen LogP contribution in [0.3, 0.4) is 0 Å². The molecule has 3 aromatic carbocycles. The molecule has 0 radical (unpaired) electrons. The molecular formula is C28H25ClFN7O2. The third-order valence-electron chi connectivity index (χ3n) is 5.71. The first-order valence-electron chi connectivity index (χ1n) is 12.2. The number of halogens is 2. The number of carbonyl (C=O) groups is 1. The topological polar surface area (TPSA) is 104 Å². The van der Waals surface area contributed by atoms with E-state index in [1.54, 1.807) is 30.3 Å². The van der Waals surface area contributed by atoms with E-state index in [1.165, 1.54) is 18.2 Å². The van der Waals surface area contributed by atoms with Gasteiger partial charge in [-0.2, -0.15) is 15.0 Å². The molecule has 0 bridgehead atoms. The number of hydrogen-bond donors (Lipinski definition) is 3. The molecule has 9 nitrogen and oxygen atoms in total. The van der Waals surface area contributed by atoms with E-state index in [4.69, 9.17) is 16.3 Å². The Morgan fingerprint density at radius 2 is 1.59 bits per heavy atom. The zero-order chi connectivity index (χ0) is 27.0. The molecule has 4 aromatic rings. The molecule has 0 saturated carbocycles. The maximum atomic E-state index is 13.3. The largest absolute Gasteiger partial charge is 0.378 e. The summed E-state index contributed by atoms with van der Waals surface area (Å²) in [4.78, 5) is 28.1. The van der Waals surface area contributed by atoms with E-state index < -0.39 is 11.8 Å². The Balaban J connectivity index is 1.30. The van der Waals surface area contributed by atoms with Crippen molar-refractivity contribution in [3.63, 3.8) is 0 Å². The average molecular weight is 546 g/mol. The van der Waals surface area contributed by atoms with Crippen LogP contribution < -0.4 is 20.9 Å². The Hall–Kier alpha value is -4.54. The first kappa shape index (κ1) is 26.1. The first-order valence-corrected chi connectivity index (χ1v) is 12.6. The van der Waals surface area contributed by atoms with E-state index in [9.17, 15) is 9.18 Å². The lowest BCUT2D eigenvalue weighted by molar-refractivity contribution is 0.122. The summed E-state index contributed by atoms with van der Waals surface area (Å²) in [6, 6.07) is 19.7. The molecule has 3 N–H and O–H groups in total. The molecule has 0 spiro atoms. The van der Waals surface area contributed by atoms with Crippen LogP contribution in [0.4, 0.5) is 38.1 Å². The average Bonchev–Trinajstić information content (AvgIpc) is 2.94. The number of aromatic nitrogens is 3. The smallest absolute Gasteiger partial charge is 0.323 e. The van der Waals surface area contributed by atoms with Gasteiger partial charge >= 0.3 is 6.03 Å². The zero-order valence-corrected chi connectivity index (χ0v) is 21.5. The fourth-order valence-corrected chi connectivity index (χ4v) is 3.91. The first-order chi connectivity index (χ1) is 19.0. The van der Waals surface area contributed by atoms with Gasteiger partial charge in [-0.25, -0.2) is 9.18 Å². The number of anilines is 5. The van der Waals surface area contributed by atoms with Crippen LogP contribution in [-0.4, -0.2) is 47.3 Å². The summed E-state index contributed by atoms with van der Waals surface area (Å²) in [5.74, 6) is 1.00. The van der Waals surface area contributed by atoms with Crippen LogP contribution in [-0.2, 0) is 4.74 Å². The lowest BCUT2D eigenvalue weighted by atomic mass is 10.2. The Morgan fingerprint density at radius 3 is 2.33 bits per heavy atom. The minimum atomic E-state index is -0.481. The van der Waals surface area contributed by atoms with Gasteiger partial charge in [0.2, 0.25) is 11.9 Å². The van der Waals surface area contributed by atoms with Crippen LogP contribution in [0.5, 0.6) is 0 Å². The highest BCUT2D eigenvalue weighted by molar-refractivity contribution is 6.30. The van der Waals surface area contributed by atoms with E-state index in [1.807, 2.05) is 36.4 Å². The van der Waals surface area contributed by atoms with Crippen LogP contribution in [0, 0.1) is 5.82 Å². The predicted molar refractivity (Wildman–Crippen MR) is 152 cm³/mol. The number of amides is 2. The standard InChI is InChI=1S/C28H25ClFN7O2/c29-20-7-4-19(5-8-20)6-13-25-34-26(36-27(35-25)37-14-16-39-17-15-37)31-22-9-11-23(12-10-22)32-28(38)33-24-3-1-2-21(30)18-24/h1-13,18H,14-17H2,(H2,32,33,38)(H,31,34,35,36)/b13-6+. The molecule has 1 aliphatic rings. The van der Waals surface area contributed by atoms with Crippen molar-refractivity contribution < 1.29 is 13.9 Å². The summed E-state index contributed by atoms with van der Waals surface area (Å²) in [6.45, 7) is 2.57.